The molecule has 1 heterocycles. The van der Waals surface area contributed by atoms with Crippen molar-refractivity contribution in [1.29, 1.82) is 0 Å². The van der Waals surface area contributed by atoms with Gasteiger partial charge in [-0.3, -0.25) is 4.79 Å². The van der Waals surface area contributed by atoms with Crippen LogP contribution in [0.5, 0.6) is 0 Å². The highest BCUT2D eigenvalue weighted by Crippen LogP contribution is 2.19. The lowest BCUT2D eigenvalue weighted by Gasteiger charge is -2.16. The second-order valence-corrected chi connectivity index (χ2v) is 3.88. The SMILES string of the molecule is NCC(F)(F)CNC(=O)c1cccn1CC(F)(F)F. The van der Waals surface area contributed by atoms with Crippen molar-refractivity contribution < 1.29 is 26.7 Å². The molecule has 1 rings (SSSR count). The van der Waals surface area contributed by atoms with Crippen LogP contribution in [0.1, 0.15) is 10.5 Å². The highest BCUT2D eigenvalue weighted by molar-refractivity contribution is 5.92. The summed E-state index contributed by atoms with van der Waals surface area (Å²) in [5.41, 5.74) is 4.43. The molecule has 0 aliphatic carbocycles. The Bertz CT molecular complexity index is 441. The number of hydrogen-bond donors (Lipinski definition) is 2. The largest absolute Gasteiger partial charge is 0.406 e. The van der Waals surface area contributed by atoms with Gasteiger partial charge in [0.15, 0.2) is 0 Å². The second kappa shape index (κ2) is 5.55. The minimum absolute atomic E-state index is 0.342. The number of nitrogens with two attached hydrogens (primary N) is 1. The van der Waals surface area contributed by atoms with Gasteiger partial charge in [0, 0.05) is 6.20 Å². The predicted octanol–water partition coefficient (Wildman–Crippen LogP) is 1.37. The summed E-state index contributed by atoms with van der Waals surface area (Å²) in [5, 5.41) is 1.85. The van der Waals surface area contributed by atoms with E-state index >= 15 is 0 Å². The highest BCUT2D eigenvalue weighted by atomic mass is 19.4. The molecule has 1 amide bonds. The summed E-state index contributed by atoms with van der Waals surface area (Å²) in [6.07, 6.45) is -3.46. The second-order valence-electron chi connectivity index (χ2n) is 3.88. The summed E-state index contributed by atoms with van der Waals surface area (Å²) in [7, 11) is 0. The molecule has 0 aliphatic heterocycles. The van der Waals surface area contributed by atoms with Crippen LogP contribution in [0.25, 0.3) is 0 Å². The first-order valence-corrected chi connectivity index (χ1v) is 5.22. The van der Waals surface area contributed by atoms with Gasteiger partial charge in [-0.05, 0) is 12.1 Å². The van der Waals surface area contributed by atoms with Gasteiger partial charge >= 0.3 is 6.18 Å². The van der Waals surface area contributed by atoms with Crippen molar-refractivity contribution in [2.24, 2.45) is 5.73 Å². The summed E-state index contributed by atoms with van der Waals surface area (Å²) in [6, 6.07) is 2.34. The molecule has 4 nitrogen and oxygen atoms in total. The Morgan fingerprint density at radius 3 is 2.47 bits per heavy atom. The van der Waals surface area contributed by atoms with Crippen molar-refractivity contribution in [3.63, 3.8) is 0 Å². The van der Waals surface area contributed by atoms with E-state index in [4.69, 9.17) is 5.73 Å². The minimum Gasteiger partial charge on any atom is -0.345 e. The number of carbonyl (C=O) groups is 1. The third kappa shape index (κ3) is 4.86. The van der Waals surface area contributed by atoms with Crippen LogP contribution in [0, 0.1) is 0 Å². The third-order valence-electron chi connectivity index (χ3n) is 2.22. The van der Waals surface area contributed by atoms with Gasteiger partial charge in [-0.2, -0.15) is 13.2 Å². The number of nitrogens with zero attached hydrogens (tertiary/aromatic N) is 1. The molecule has 19 heavy (non-hydrogen) atoms. The van der Waals surface area contributed by atoms with Crippen LogP contribution in [0.4, 0.5) is 22.0 Å². The maximum atomic E-state index is 12.8. The van der Waals surface area contributed by atoms with Crippen molar-refractivity contribution in [1.82, 2.24) is 9.88 Å². The first kappa shape index (κ1) is 15.4. The van der Waals surface area contributed by atoms with Crippen LogP contribution >= 0.6 is 0 Å². The zero-order valence-corrected chi connectivity index (χ0v) is 9.68. The summed E-state index contributed by atoms with van der Waals surface area (Å²) in [5.74, 6) is -4.31. The van der Waals surface area contributed by atoms with E-state index in [2.05, 4.69) is 0 Å². The normalized spacial score (nSPS) is 12.5. The van der Waals surface area contributed by atoms with Gasteiger partial charge in [-0.25, -0.2) is 8.78 Å². The Labute approximate surface area is 105 Å². The van der Waals surface area contributed by atoms with Crippen molar-refractivity contribution in [3.8, 4) is 0 Å². The number of hydrogen-bond acceptors (Lipinski definition) is 2. The third-order valence-corrected chi connectivity index (χ3v) is 2.22. The lowest BCUT2D eigenvalue weighted by atomic mass is 10.3. The van der Waals surface area contributed by atoms with E-state index in [1.165, 1.54) is 6.07 Å². The van der Waals surface area contributed by atoms with Gasteiger partial charge in [-0.1, -0.05) is 0 Å². The quantitative estimate of drug-likeness (QED) is 0.803. The fourth-order valence-corrected chi connectivity index (χ4v) is 1.32. The molecule has 1 aromatic rings. The lowest BCUT2D eigenvalue weighted by molar-refractivity contribution is -0.140. The lowest BCUT2D eigenvalue weighted by Crippen LogP contribution is -2.42. The predicted molar refractivity (Wildman–Crippen MR) is 56.8 cm³/mol. The fourth-order valence-electron chi connectivity index (χ4n) is 1.32. The molecule has 0 unspecified atom stereocenters. The smallest absolute Gasteiger partial charge is 0.345 e. The zero-order chi connectivity index (χ0) is 14.7. The van der Waals surface area contributed by atoms with Crippen LogP contribution in [-0.4, -0.2) is 35.7 Å². The van der Waals surface area contributed by atoms with Gasteiger partial charge in [0.1, 0.15) is 12.2 Å². The molecule has 1 aromatic heterocycles. The van der Waals surface area contributed by atoms with Crippen molar-refractivity contribution in [2.45, 2.75) is 18.6 Å². The van der Waals surface area contributed by atoms with E-state index in [-0.39, 0.29) is 5.69 Å². The monoisotopic (exact) mass is 285 g/mol. The van der Waals surface area contributed by atoms with Crippen LogP contribution in [0.2, 0.25) is 0 Å². The number of alkyl halides is 5. The number of rotatable bonds is 5. The standard InChI is InChI=1S/C10H12F5N3O/c11-9(12,4-16)5-17-8(19)7-2-1-3-18(7)6-10(13,14)15/h1-3H,4-6,16H2,(H,17,19). The van der Waals surface area contributed by atoms with Gasteiger partial charge < -0.3 is 15.6 Å². The molecule has 0 aromatic carbocycles. The Balaban J connectivity index is 2.71. The molecular formula is C10H12F5N3O. The molecule has 9 heteroatoms. The molecule has 0 bridgehead atoms. The Morgan fingerprint density at radius 1 is 1.32 bits per heavy atom. The molecule has 0 spiro atoms. The Kier molecular flexibility index (Phi) is 4.51. The van der Waals surface area contributed by atoms with Gasteiger partial charge in [0.05, 0.1) is 13.1 Å². The zero-order valence-electron chi connectivity index (χ0n) is 9.68. The summed E-state index contributed by atoms with van der Waals surface area (Å²) in [6.45, 7) is -3.35. The number of halogens is 5. The van der Waals surface area contributed by atoms with E-state index in [1.807, 2.05) is 5.32 Å². The summed E-state index contributed by atoms with van der Waals surface area (Å²) >= 11 is 0. The average molecular weight is 285 g/mol. The maximum absolute atomic E-state index is 12.8. The highest BCUT2D eigenvalue weighted by Gasteiger charge is 2.31. The Morgan fingerprint density at radius 2 is 1.95 bits per heavy atom. The molecule has 0 saturated heterocycles. The van der Waals surface area contributed by atoms with Crippen molar-refractivity contribution in [2.75, 3.05) is 13.1 Å². The van der Waals surface area contributed by atoms with Crippen LogP contribution in [-0.2, 0) is 6.54 Å². The fraction of sp³-hybridized carbons (Fsp3) is 0.500. The number of carbonyl (C=O) groups excluding carboxylic acids is 1. The van der Waals surface area contributed by atoms with Gasteiger partial charge in [0.25, 0.3) is 11.8 Å². The molecule has 0 radical (unpaired) electrons. The van der Waals surface area contributed by atoms with E-state index in [0.29, 0.717) is 4.57 Å². The van der Waals surface area contributed by atoms with Crippen LogP contribution in [0.15, 0.2) is 18.3 Å². The van der Waals surface area contributed by atoms with Crippen LogP contribution in [0.3, 0.4) is 0 Å². The summed E-state index contributed by atoms with van der Waals surface area (Å²) in [4.78, 5) is 11.5. The molecule has 0 saturated carbocycles. The first-order valence-electron chi connectivity index (χ1n) is 5.22. The van der Waals surface area contributed by atoms with Gasteiger partial charge in [0.2, 0.25) is 0 Å². The number of nitrogens with one attached hydrogen (secondary N) is 1. The molecule has 0 fully saturated rings. The topological polar surface area (TPSA) is 60.0 Å². The molecular weight excluding hydrogens is 273 g/mol. The van der Waals surface area contributed by atoms with E-state index in [9.17, 15) is 26.7 Å². The summed E-state index contributed by atoms with van der Waals surface area (Å²) < 4.78 is 62.8. The maximum Gasteiger partial charge on any atom is 0.406 e. The van der Waals surface area contributed by atoms with Crippen molar-refractivity contribution in [3.05, 3.63) is 24.0 Å². The number of amides is 1. The molecule has 108 valence electrons. The van der Waals surface area contributed by atoms with Crippen LogP contribution < -0.4 is 11.1 Å². The minimum atomic E-state index is -4.50. The average Bonchev–Trinajstić information content (AvgIpc) is 2.71. The number of aromatic nitrogens is 1. The van der Waals surface area contributed by atoms with E-state index < -0.39 is 37.6 Å². The molecule has 0 atom stereocenters. The first-order chi connectivity index (χ1) is 8.64. The molecule has 3 N–H and O–H groups in total. The van der Waals surface area contributed by atoms with E-state index in [0.717, 1.165) is 12.3 Å². The van der Waals surface area contributed by atoms with Gasteiger partial charge in [-0.15, -0.1) is 0 Å². The van der Waals surface area contributed by atoms with Crippen molar-refractivity contribution >= 4 is 5.91 Å². The molecule has 0 aliphatic rings. The van der Waals surface area contributed by atoms with E-state index in [1.54, 1.807) is 0 Å². The Hall–Kier alpha value is -1.64.